The Morgan fingerprint density at radius 3 is 2.52 bits per heavy atom. The van der Waals surface area contributed by atoms with E-state index in [1.54, 1.807) is 30.3 Å². The second-order valence-electron chi connectivity index (χ2n) is 6.91. The second-order valence-corrected chi connectivity index (χ2v) is 9.88. The number of carbonyl (C=O) groups excluding carboxylic acids is 1. The summed E-state index contributed by atoms with van der Waals surface area (Å²) in [7, 11) is -3.30. The normalized spacial score (nSPS) is 15.3. The zero-order valence-corrected chi connectivity index (χ0v) is 17.9. The first-order valence-electron chi connectivity index (χ1n) is 9.33. The van der Waals surface area contributed by atoms with Gasteiger partial charge in [-0.2, -0.15) is 11.8 Å². The highest BCUT2D eigenvalue weighted by Gasteiger charge is 2.11. The van der Waals surface area contributed by atoms with E-state index < -0.39 is 10.0 Å². The first kappa shape index (κ1) is 21.4. The molecule has 154 valence electrons. The fourth-order valence-corrected chi connectivity index (χ4v) is 4.54. The number of anilines is 2. The van der Waals surface area contributed by atoms with Crippen molar-refractivity contribution in [1.82, 2.24) is 4.90 Å². The lowest BCUT2D eigenvalue weighted by Crippen LogP contribution is -2.31. The van der Waals surface area contributed by atoms with Gasteiger partial charge in [-0.3, -0.25) is 14.4 Å². The minimum Gasteiger partial charge on any atom is -0.323 e. The quantitative estimate of drug-likeness (QED) is 0.658. The van der Waals surface area contributed by atoms with Crippen LogP contribution >= 0.6 is 11.8 Å². The summed E-state index contributed by atoms with van der Waals surface area (Å²) in [5.74, 6) is 2.13. The van der Waals surface area contributed by atoms with Crippen LogP contribution in [-0.2, 0) is 21.4 Å². The molecule has 0 aromatic heterocycles. The van der Waals surface area contributed by atoms with E-state index >= 15 is 0 Å². The van der Waals surface area contributed by atoms with Gasteiger partial charge in [-0.05, 0) is 41.5 Å². The highest BCUT2D eigenvalue weighted by Crippen LogP contribution is 2.16. The van der Waals surface area contributed by atoms with Gasteiger partial charge in [0.15, 0.2) is 0 Å². The molecular weight excluding hydrogens is 406 g/mol. The number of hydrogen-bond acceptors (Lipinski definition) is 5. The van der Waals surface area contributed by atoms with Crippen molar-refractivity contribution in [3.63, 3.8) is 0 Å². The van der Waals surface area contributed by atoms with E-state index in [-0.39, 0.29) is 5.91 Å². The third-order valence-electron chi connectivity index (χ3n) is 4.35. The van der Waals surface area contributed by atoms with Gasteiger partial charge in [-0.15, -0.1) is 0 Å². The molecule has 2 aromatic carbocycles. The number of amides is 1. The molecule has 1 fully saturated rings. The Labute approximate surface area is 176 Å². The molecule has 0 bridgehead atoms. The zero-order chi connectivity index (χ0) is 20.7. The zero-order valence-electron chi connectivity index (χ0n) is 16.3. The number of rotatable bonds is 7. The Bertz CT molecular complexity index is 967. The smallest absolute Gasteiger partial charge is 0.248 e. The molecule has 2 N–H and O–H groups in total. The number of benzene rings is 2. The van der Waals surface area contributed by atoms with Crippen LogP contribution in [0.3, 0.4) is 0 Å². The Balaban J connectivity index is 1.55. The summed E-state index contributed by atoms with van der Waals surface area (Å²) in [6.45, 7) is 3.10. The average molecular weight is 432 g/mol. The minimum absolute atomic E-state index is 0.213. The Morgan fingerprint density at radius 2 is 1.83 bits per heavy atom. The van der Waals surface area contributed by atoms with Gasteiger partial charge in [0.25, 0.3) is 0 Å². The number of nitrogens with zero attached hydrogens (tertiary/aromatic N) is 1. The fraction of sp³-hybridized carbons (Fsp3) is 0.286. The van der Waals surface area contributed by atoms with Gasteiger partial charge in [-0.1, -0.05) is 24.3 Å². The van der Waals surface area contributed by atoms with Crippen LogP contribution in [0.25, 0.3) is 6.08 Å². The number of sulfonamides is 1. The molecule has 1 aliphatic rings. The van der Waals surface area contributed by atoms with E-state index in [1.165, 1.54) is 23.1 Å². The van der Waals surface area contributed by atoms with Crippen molar-refractivity contribution < 1.29 is 13.2 Å². The molecule has 0 saturated carbocycles. The summed E-state index contributed by atoms with van der Waals surface area (Å²) in [6.07, 6.45) is 4.26. The monoisotopic (exact) mass is 431 g/mol. The van der Waals surface area contributed by atoms with Gasteiger partial charge in [0.2, 0.25) is 15.9 Å². The van der Waals surface area contributed by atoms with Crippen molar-refractivity contribution in [2.24, 2.45) is 0 Å². The molecule has 29 heavy (non-hydrogen) atoms. The lowest BCUT2D eigenvalue weighted by Gasteiger charge is -2.26. The molecule has 1 aliphatic heterocycles. The van der Waals surface area contributed by atoms with Gasteiger partial charge < -0.3 is 5.32 Å². The van der Waals surface area contributed by atoms with Gasteiger partial charge in [0, 0.05) is 48.6 Å². The third-order valence-corrected chi connectivity index (χ3v) is 5.89. The molecule has 8 heteroatoms. The molecule has 0 radical (unpaired) electrons. The van der Waals surface area contributed by atoms with Gasteiger partial charge >= 0.3 is 0 Å². The highest BCUT2D eigenvalue weighted by molar-refractivity contribution is 7.99. The van der Waals surface area contributed by atoms with Gasteiger partial charge in [0.05, 0.1) is 6.26 Å². The van der Waals surface area contributed by atoms with Crippen molar-refractivity contribution in [2.45, 2.75) is 6.54 Å². The minimum atomic E-state index is -3.30. The average Bonchev–Trinajstić information content (AvgIpc) is 2.67. The maximum absolute atomic E-state index is 12.2. The van der Waals surface area contributed by atoms with E-state index in [0.29, 0.717) is 5.69 Å². The van der Waals surface area contributed by atoms with Crippen molar-refractivity contribution >= 4 is 45.1 Å². The summed E-state index contributed by atoms with van der Waals surface area (Å²) in [5.41, 5.74) is 3.25. The first-order valence-corrected chi connectivity index (χ1v) is 12.4. The maximum Gasteiger partial charge on any atom is 0.248 e. The van der Waals surface area contributed by atoms with E-state index in [0.717, 1.165) is 37.1 Å². The van der Waals surface area contributed by atoms with Crippen molar-refractivity contribution in [3.8, 4) is 0 Å². The summed E-state index contributed by atoms with van der Waals surface area (Å²) in [6, 6.07) is 14.7. The predicted molar refractivity (Wildman–Crippen MR) is 122 cm³/mol. The molecule has 1 amide bonds. The second kappa shape index (κ2) is 9.96. The SMILES string of the molecule is CS(=O)(=O)Nc1ccc(/C=C/C(=O)Nc2cccc(CN3CCSCC3)c2)cc1. The Morgan fingerprint density at radius 1 is 1.10 bits per heavy atom. The molecule has 0 aliphatic carbocycles. The highest BCUT2D eigenvalue weighted by atomic mass is 32.2. The summed E-state index contributed by atoms with van der Waals surface area (Å²) >= 11 is 1.99. The summed E-state index contributed by atoms with van der Waals surface area (Å²) in [4.78, 5) is 14.7. The van der Waals surface area contributed by atoms with Crippen LogP contribution in [0.1, 0.15) is 11.1 Å². The number of nitrogens with one attached hydrogen (secondary N) is 2. The number of carbonyl (C=O) groups is 1. The van der Waals surface area contributed by atoms with Crippen LogP contribution in [0.4, 0.5) is 11.4 Å². The van der Waals surface area contributed by atoms with Crippen LogP contribution in [0.5, 0.6) is 0 Å². The Kier molecular flexibility index (Phi) is 7.35. The van der Waals surface area contributed by atoms with Gasteiger partial charge in [-0.25, -0.2) is 8.42 Å². The van der Waals surface area contributed by atoms with Crippen LogP contribution in [0.15, 0.2) is 54.6 Å². The fourth-order valence-electron chi connectivity index (χ4n) is 3.00. The molecule has 0 atom stereocenters. The molecule has 0 spiro atoms. The van der Waals surface area contributed by atoms with Crippen molar-refractivity contribution in [1.29, 1.82) is 0 Å². The summed E-state index contributed by atoms with van der Waals surface area (Å²) in [5, 5.41) is 2.89. The van der Waals surface area contributed by atoms with Crippen LogP contribution in [0, 0.1) is 0 Å². The molecule has 6 nitrogen and oxygen atoms in total. The predicted octanol–water partition coefficient (Wildman–Crippen LogP) is 3.26. The van der Waals surface area contributed by atoms with Crippen LogP contribution in [-0.4, -0.2) is 50.1 Å². The molecule has 2 aromatic rings. The molecular formula is C21H25N3O3S2. The van der Waals surface area contributed by atoms with Gasteiger partial charge in [0.1, 0.15) is 0 Å². The molecule has 1 heterocycles. The molecule has 0 unspecified atom stereocenters. The van der Waals surface area contributed by atoms with Crippen molar-refractivity contribution in [3.05, 3.63) is 65.7 Å². The van der Waals surface area contributed by atoms with E-state index in [4.69, 9.17) is 0 Å². The van der Waals surface area contributed by atoms with E-state index in [2.05, 4.69) is 21.0 Å². The van der Waals surface area contributed by atoms with Crippen LogP contribution in [0.2, 0.25) is 0 Å². The first-order chi connectivity index (χ1) is 13.9. The number of hydrogen-bond donors (Lipinski definition) is 2. The van der Waals surface area contributed by atoms with Crippen LogP contribution < -0.4 is 10.0 Å². The maximum atomic E-state index is 12.2. The lowest BCUT2D eigenvalue weighted by molar-refractivity contribution is -0.111. The summed E-state index contributed by atoms with van der Waals surface area (Å²) < 4.78 is 24.9. The standard InChI is InChI=1S/C21H25N3O3S2/c1-29(26,27)23-19-8-5-17(6-9-19)7-10-21(25)22-20-4-2-3-18(15-20)16-24-11-13-28-14-12-24/h2-10,15,23H,11-14,16H2,1H3,(H,22,25)/b10-7+. The third kappa shape index (κ3) is 7.56. The number of thioether (sulfide) groups is 1. The largest absolute Gasteiger partial charge is 0.323 e. The van der Waals surface area contributed by atoms with E-state index in [1.807, 2.05) is 30.0 Å². The van der Waals surface area contributed by atoms with E-state index in [9.17, 15) is 13.2 Å². The van der Waals surface area contributed by atoms with Crippen molar-refractivity contribution in [2.75, 3.05) is 40.9 Å². The Hall–Kier alpha value is -2.29. The molecule has 3 rings (SSSR count). The molecule has 1 saturated heterocycles. The topological polar surface area (TPSA) is 78.5 Å². The lowest BCUT2D eigenvalue weighted by atomic mass is 10.1.